The first-order valence-electron chi connectivity index (χ1n) is 4.23. The molecule has 1 atom stereocenters. The van der Waals surface area contributed by atoms with E-state index in [1.807, 2.05) is 20.8 Å². The van der Waals surface area contributed by atoms with Gasteiger partial charge in [-0.05, 0) is 20.8 Å². The minimum atomic E-state index is -1.54. The monoisotopic (exact) mass is 192 g/mol. The molecule has 2 N–H and O–H groups in total. The van der Waals surface area contributed by atoms with Gasteiger partial charge in [-0.1, -0.05) is 0 Å². The van der Waals surface area contributed by atoms with Crippen molar-refractivity contribution >= 4 is 9.53 Å². The van der Waals surface area contributed by atoms with Gasteiger partial charge in [-0.15, -0.1) is 0 Å². The molecule has 0 amide bonds. The molecule has 0 aliphatic heterocycles. The lowest BCUT2D eigenvalue weighted by molar-refractivity contribution is 0.0734. The highest BCUT2D eigenvalue weighted by Crippen LogP contribution is 1.97. The van der Waals surface area contributed by atoms with E-state index in [2.05, 4.69) is 0 Å². The number of hydrogen-bond donors (Lipinski definition) is 1. The molecule has 0 saturated heterocycles. The zero-order chi connectivity index (χ0) is 9.40. The van der Waals surface area contributed by atoms with Crippen molar-refractivity contribution in [3.05, 3.63) is 0 Å². The van der Waals surface area contributed by atoms with Crippen molar-refractivity contribution in [1.29, 1.82) is 0 Å². The highest BCUT2D eigenvalue weighted by atomic mass is 28.3. The van der Waals surface area contributed by atoms with Crippen LogP contribution in [-0.2, 0) is 13.3 Å². The van der Waals surface area contributed by atoms with Gasteiger partial charge < -0.3 is 19.0 Å². The standard InChI is InChI=1S/C7H18NO3Si/c1-4-9-12(10-5-2)11-7(3)6-8/h7H,4-6,8H2,1-3H3. The largest absolute Gasteiger partial charge is 0.578 e. The van der Waals surface area contributed by atoms with Crippen LogP contribution < -0.4 is 5.73 Å². The molecule has 0 spiro atoms. The van der Waals surface area contributed by atoms with E-state index in [0.29, 0.717) is 19.8 Å². The topological polar surface area (TPSA) is 53.7 Å². The van der Waals surface area contributed by atoms with Crippen LogP contribution >= 0.6 is 0 Å². The van der Waals surface area contributed by atoms with Crippen LogP contribution in [0.5, 0.6) is 0 Å². The minimum absolute atomic E-state index is 0.0111. The molecule has 0 rings (SSSR count). The van der Waals surface area contributed by atoms with Crippen LogP contribution in [0, 0.1) is 0 Å². The molecule has 0 aromatic heterocycles. The van der Waals surface area contributed by atoms with E-state index in [1.165, 1.54) is 0 Å². The lowest BCUT2D eigenvalue weighted by Crippen LogP contribution is -2.34. The maximum atomic E-state index is 5.41. The van der Waals surface area contributed by atoms with Crippen molar-refractivity contribution in [3.8, 4) is 0 Å². The summed E-state index contributed by atoms with van der Waals surface area (Å²) in [5, 5.41) is 0. The fourth-order valence-electron chi connectivity index (χ4n) is 0.558. The minimum Gasteiger partial charge on any atom is -0.371 e. The van der Waals surface area contributed by atoms with Crippen LogP contribution in [0.4, 0.5) is 0 Å². The third kappa shape index (κ3) is 5.67. The summed E-state index contributed by atoms with van der Waals surface area (Å²) in [5.74, 6) is 0. The van der Waals surface area contributed by atoms with Crippen LogP contribution in [0.15, 0.2) is 0 Å². The Kier molecular flexibility index (Phi) is 7.73. The molecule has 1 unspecified atom stereocenters. The Bertz CT molecular complexity index is 98.7. The average Bonchev–Trinajstić information content (AvgIpc) is 2.05. The molecule has 5 heteroatoms. The van der Waals surface area contributed by atoms with Gasteiger partial charge in [0.05, 0.1) is 6.10 Å². The van der Waals surface area contributed by atoms with Gasteiger partial charge in [0, 0.05) is 19.8 Å². The second-order valence-electron chi connectivity index (χ2n) is 2.28. The van der Waals surface area contributed by atoms with Gasteiger partial charge in [-0.3, -0.25) is 0 Å². The van der Waals surface area contributed by atoms with Gasteiger partial charge in [0.1, 0.15) is 0 Å². The second kappa shape index (κ2) is 7.69. The van der Waals surface area contributed by atoms with Gasteiger partial charge in [-0.2, -0.15) is 0 Å². The molecule has 0 aromatic carbocycles. The Morgan fingerprint density at radius 2 is 1.75 bits per heavy atom. The summed E-state index contributed by atoms with van der Waals surface area (Å²) in [6.07, 6.45) is 0.0111. The van der Waals surface area contributed by atoms with Crippen molar-refractivity contribution in [2.45, 2.75) is 26.9 Å². The van der Waals surface area contributed by atoms with Crippen LogP contribution in [0.2, 0.25) is 0 Å². The second-order valence-corrected chi connectivity index (χ2v) is 3.59. The zero-order valence-electron chi connectivity index (χ0n) is 8.00. The molecule has 0 aromatic rings. The third-order valence-electron chi connectivity index (χ3n) is 1.15. The van der Waals surface area contributed by atoms with Crippen molar-refractivity contribution in [2.75, 3.05) is 19.8 Å². The molecule has 4 nitrogen and oxygen atoms in total. The van der Waals surface area contributed by atoms with Crippen molar-refractivity contribution in [1.82, 2.24) is 0 Å². The molecule has 73 valence electrons. The molecule has 0 fully saturated rings. The van der Waals surface area contributed by atoms with Crippen molar-refractivity contribution in [3.63, 3.8) is 0 Å². The summed E-state index contributed by atoms with van der Waals surface area (Å²) in [5.41, 5.74) is 5.39. The van der Waals surface area contributed by atoms with E-state index in [4.69, 9.17) is 19.0 Å². The van der Waals surface area contributed by atoms with E-state index in [-0.39, 0.29) is 6.10 Å². The van der Waals surface area contributed by atoms with Crippen LogP contribution in [0.1, 0.15) is 20.8 Å². The Balaban J connectivity index is 3.61. The Hall–Kier alpha value is 0.0569. The predicted octanol–water partition coefficient (Wildman–Crippen LogP) is 0.408. The third-order valence-corrected chi connectivity index (χ3v) is 2.80. The maximum Gasteiger partial charge on any atom is 0.578 e. The molecular formula is C7H18NO3Si. The van der Waals surface area contributed by atoms with E-state index >= 15 is 0 Å². The highest BCUT2D eigenvalue weighted by Gasteiger charge is 2.20. The molecule has 0 bridgehead atoms. The smallest absolute Gasteiger partial charge is 0.371 e. The van der Waals surface area contributed by atoms with E-state index in [9.17, 15) is 0 Å². The summed E-state index contributed by atoms with van der Waals surface area (Å²) in [7, 11) is -1.54. The van der Waals surface area contributed by atoms with Crippen LogP contribution in [0.3, 0.4) is 0 Å². The van der Waals surface area contributed by atoms with Crippen molar-refractivity contribution in [2.24, 2.45) is 5.73 Å². The maximum absolute atomic E-state index is 5.41. The van der Waals surface area contributed by atoms with Gasteiger partial charge in [0.25, 0.3) is 0 Å². The summed E-state index contributed by atoms with van der Waals surface area (Å²) >= 11 is 0. The lowest BCUT2D eigenvalue weighted by atomic mass is 10.4. The summed E-state index contributed by atoms with van der Waals surface area (Å²) < 4.78 is 15.9. The highest BCUT2D eigenvalue weighted by molar-refractivity contribution is 6.36. The van der Waals surface area contributed by atoms with Gasteiger partial charge in [-0.25, -0.2) is 0 Å². The first-order valence-corrected chi connectivity index (χ1v) is 5.46. The summed E-state index contributed by atoms with van der Waals surface area (Å²) in [4.78, 5) is 0. The van der Waals surface area contributed by atoms with Crippen LogP contribution in [-0.4, -0.2) is 35.4 Å². The lowest BCUT2D eigenvalue weighted by Gasteiger charge is -2.16. The normalized spacial score (nSPS) is 13.8. The molecule has 12 heavy (non-hydrogen) atoms. The van der Waals surface area contributed by atoms with Gasteiger partial charge >= 0.3 is 9.53 Å². The average molecular weight is 192 g/mol. The van der Waals surface area contributed by atoms with Gasteiger partial charge in [0.2, 0.25) is 0 Å². The van der Waals surface area contributed by atoms with E-state index in [0.717, 1.165) is 0 Å². The molecule has 0 aliphatic carbocycles. The number of rotatable bonds is 7. The first-order chi connectivity index (χ1) is 5.74. The molecule has 1 radical (unpaired) electrons. The molecular weight excluding hydrogens is 174 g/mol. The quantitative estimate of drug-likeness (QED) is 0.594. The van der Waals surface area contributed by atoms with Crippen molar-refractivity contribution < 1.29 is 13.3 Å². The summed E-state index contributed by atoms with van der Waals surface area (Å²) in [6.45, 7) is 7.47. The summed E-state index contributed by atoms with van der Waals surface area (Å²) in [6, 6.07) is 0. The predicted molar refractivity (Wildman–Crippen MR) is 48.6 cm³/mol. The fourth-order valence-corrected chi connectivity index (χ4v) is 1.67. The van der Waals surface area contributed by atoms with Gasteiger partial charge in [0.15, 0.2) is 0 Å². The fraction of sp³-hybridized carbons (Fsp3) is 1.00. The Labute approximate surface area is 76.0 Å². The molecule has 0 saturated carbocycles. The first kappa shape index (κ1) is 12.1. The molecule has 0 aliphatic rings. The Morgan fingerprint density at radius 1 is 1.25 bits per heavy atom. The Morgan fingerprint density at radius 3 is 2.08 bits per heavy atom. The zero-order valence-corrected chi connectivity index (χ0v) is 9.00. The SMILES string of the molecule is CCO[Si](OCC)OC(C)CN. The number of hydrogen-bond acceptors (Lipinski definition) is 4. The number of nitrogens with two attached hydrogens (primary N) is 1. The molecule has 0 heterocycles. The van der Waals surface area contributed by atoms with E-state index in [1.54, 1.807) is 0 Å². The van der Waals surface area contributed by atoms with E-state index < -0.39 is 9.53 Å². The van der Waals surface area contributed by atoms with Crippen LogP contribution in [0.25, 0.3) is 0 Å².